The van der Waals surface area contributed by atoms with Gasteiger partial charge in [-0.1, -0.05) is 36.4 Å². The molecule has 2 aromatic rings. The lowest BCUT2D eigenvalue weighted by Crippen LogP contribution is -2.29. The molecule has 1 fully saturated rings. The molecular formula is C17H18FNO3S. The summed E-state index contributed by atoms with van der Waals surface area (Å²) in [6.45, 7) is 2.18. The molecule has 23 heavy (non-hydrogen) atoms. The molecular weight excluding hydrogens is 317 g/mol. The molecule has 1 amide bonds. The Morgan fingerprint density at radius 1 is 1.22 bits per heavy atom. The van der Waals surface area contributed by atoms with Gasteiger partial charge in [0, 0.05) is 18.9 Å². The van der Waals surface area contributed by atoms with Gasteiger partial charge in [-0.05, 0) is 29.3 Å². The predicted molar refractivity (Wildman–Crippen MR) is 87.1 cm³/mol. The van der Waals surface area contributed by atoms with E-state index in [9.17, 15) is 17.1 Å². The minimum Gasteiger partial charge on any atom is -0.336 e. The maximum atomic E-state index is 12.8. The molecule has 0 aromatic heterocycles. The Labute approximate surface area is 135 Å². The number of rotatable bonds is 4. The SMILES string of the molecule is CC(c1ccc2ccccc2c1)N1CC(CS(=O)(=O)F)CC1=O. The highest BCUT2D eigenvalue weighted by Crippen LogP contribution is 2.30. The summed E-state index contributed by atoms with van der Waals surface area (Å²) < 4.78 is 34.4. The summed E-state index contributed by atoms with van der Waals surface area (Å²) in [6, 6.07) is 13.8. The Hall–Kier alpha value is -1.95. The molecule has 0 N–H and O–H groups in total. The Morgan fingerprint density at radius 2 is 1.91 bits per heavy atom. The number of carbonyl (C=O) groups is 1. The van der Waals surface area contributed by atoms with Crippen molar-refractivity contribution < 1.29 is 17.1 Å². The molecule has 122 valence electrons. The number of likely N-dealkylation sites (tertiary alicyclic amines) is 1. The van der Waals surface area contributed by atoms with E-state index in [1.807, 2.05) is 49.4 Å². The number of carbonyl (C=O) groups excluding carboxylic acids is 1. The zero-order chi connectivity index (χ0) is 16.6. The van der Waals surface area contributed by atoms with Gasteiger partial charge in [0.05, 0.1) is 11.8 Å². The number of amides is 1. The molecule has 0 saturated carbocycles. The van der Waals surface area contributed by atoms with Crippen molar-refractivity contribution in [1.29, 1.82) is 0 Å². The van der Waals surface area contributed by atoms with Crippen LogP contribution >= 0.6 is 0 Å². The van der Waals surface area contributed by atoms with Crippen molar-refractivity contribution >= 4 is 26.9 Å². The Morgan fingerprint density at radius 3 is 2.61 bits per heavy atom. The first-order valence-electron chi connectivity index (χ1n) is 7.54. The van der Waals surface area contributed by atoms with Crippen LogP contribution in [0, 0.1) is 5.92 Å². The van der Waals surface area contributed by atoms with E-state index in [1.54, 1.807) is 4.90 Å². The fourth-order valence-electron chi connectivity index (χ4n) is 3.22. The summed E-state index contributed by atoms with van der Waals surface area (Å²) in [5.41, 5.74) is 0.987. The van der Waals surface area contributed by atoms with Gasteiger partial charge in [-0.25, -0.2) is 0 Å². The van der Waals surface area contributed by atoms with Crippen molar-refractivity contribution in [3.05, 3.63) is 48.0 Å². The molecule has 0 bridgehead atoms. The highest BCUT2D eigenvalue weighted by Gasteiger charge is 2.35. The molecule has 1 aliphatic heterocycles. The fraction of sp³-hybridized carbons (Fsp3) is 0.353. The topological polar surface area (TPSA) is 54.5 Å². The maximum Gasteiger partial charge on any atom is 0.302 e. The van der Waals surface area contributed by atoms with Gasteiger partial charge in [0.1, 0.15) is 0 Å². The Bertz CT molecular complexity index is 850. The molecule has 1 saturated heterocycles. The summed E-state index contributed by atoms with van der Waals surface area (Å²) in [7, 11) is -4.55. The molecule has 1 heterocycles. The third-order valence-corrected chi connectivity index (χ3v) is 5.27. The van der Waals surface area contributed by atoms with Crippen LogP contribution in [0.3, 0.4) is 0 Å². The van der Waals surface area contributed by atoms with Gasteiger partial charge < -0.3 is 4.90 Å². The standard InChI is InChI=1S/C17H18FNO3S/c1-12(15-7-6-14-4-2-3-5-16(14)9-15)19-10-13(8-17(19)20)11-23(18,21)22/h2-7,9,12-13H,8,10-11H2,1H3. The predicted octanol–water partition coefficient (Wildman–Crippen LogP) is 3.05. The molecule has 2 aromatic carbocycles. The number of hydrogen-bond acceptors (Lipinski definition) is 3. The summed E-state index contributed by atoms with van der Waals surface area (Å²) in [6.07, 6.45) is 0.0844. The van der Waals surface area contributed by atoms with Crippen LogP contribution in [0.25, 0.3) is 10.8 Å². The summed E-state index contributed by atoms with van der Waals surface area (Å²) in [5, 5.41) is 2.21. The van der Waals surface area contributed by atoms with Crippen molar-refractivity contribution in [2.24, 2.45) is 5.92 Å². The lowest BCUT2D eigenvalue weighted by molar-refractivity contribution is -0.129. The smallest absolute Gasteiger partial charge is 0.302 e. The fourth-order valence-corrected chi connectivity index (χ4v) is 4.01. The number of halogens is 1. The van der Waals surface area contributed by atoms with Crippen LogP contribution in [0.5, 0.6) is 0 Å². The molecule has 0 spiro atoms. The second-order valence-electron chi connectivity index (χ2n) is 6.10. The van der Waals surface area contributed by atoms with Crippen LogP contribution in [0.1, 0.15) is 24.9 Å². The third kappa shape index (κ3) is 3.52. The number of hydrogen-bond donors (Lipinski definition) is 0. The van der Waals surface area contributed by atoms with Gasteiger partial charge in [0.15, 0.2) is 0 Å². The molecule has 2 atom stereocenters. The first kappa shape index (κ1) is 15.9. The van der Waals surface area contributed by atoms with Crippen LogP contribution in [-0.2, 0) is 15.0 Å². The average Bonchev–Trinajstić information content (AvgIpc) is 2.84. The van der Waals surface area contributed by atoms with E-state index in [1.165, 1.54) is 0 Å². The van der Waals surface area contributed by atoms with Crippen molar-refractivity contribution in [3.63, 3.8) is 0 Å². The highest BCUT2D eigenvalue weighted by molar-refractivity contribution is 7.86. The zero-order valence-corrected chi connectivity index (χ0v) is 13.6. The second-order valence-corrected chi connectivity index (χ2v) is 7.52. The Kier molecular flexibility index (Phi) is 4.10. The van der Waals surface area contributed by atoms with E-state index in [0.29, 0.717) is 0 Å². The highest BCUT2D eigenvalue weighted by atomic mass is 32.3. The molecule has 3 rings (SSSR count). The van der Waals surface area contributed by atoms with E-state index in [4.69, 9.17) is 0 Å². The lowest BCUT2D eigenvalue weighted by Gasteiger charge is -2.25. The van der Waals surface area contributed by atoms with Crippen LogP contribution in [0.15, 0.2) is 42.5 Å². The van der Waals surface area contributed by atoms with Crippen LogP contribution < -0.4 is 0 Å². The summed E-state index contributed by atoms with van der Waals surface area (Å²) >= 11 is 0. The van der Waals surface area contributed by atoms with Gasteiger partial charge in [-0.3, -0.25) is 4.79 Å². The monoisotopic (exact) mass is 335 g/mol. The van der Waals surface area contributed by atoms with E-state index in [-0.39, 0.29) is 24.9 Å². The number of benzene rings is 2. The third-order valence-electron chi connectivity index (χ3n) is 4.40. The molecule has 2 unspecified atom stereocenters. The minimum absolute atomic E-state index is 0.0844. The van der Waals surface area contributed by atoms with Crippen molar-refractivity contribution in [1.82, 2.24) is 4.90 Å². The van der Waals surface area contributed by atoms with Crippen molar-refractivity contribution in [2.75, 3.05) is 12.3 Å². The molecule has 1 aliphatic rings. The van der Waals surface area contributed by atoms with Gasteiger partial charge >= 0.3 is 10.2 Å². The van der Waals surface area contributed by atoms with E-state index in [0.717, 1.165) is 16.3 Å². The number of nitrogens with zero attached hydrogens (tertiary/aromatic N) is 1. The van der Waals surface area contributed by atoms with Crippen molar-refractivity contribution in [2.45, 2.75) is 19.4 Å². The van der Waals surface area contributed by atoms with Crippen LogP contribution in [-0.4, -0.2) is 31.5 Å². The molecule has 6 heteroatoms. The zero-order valence-electron chi connectivity index (χ0n) is 12.8. The molecule has 0 radical (unpaired) electrons. The number of fused-ring (bicyclic) bond motifs is 1. The van der Waals surface area contributed by atoms with Gasteiger partial charge in [-0.2, -0.15) is 8.42 Å². The lowest BCUT2D eigenvalue weighted by atomic mass is 10.0. The van der Waals surface area contributed by atoms with Gasteiger partial charge in [0.25, 0.3) is 0 Å². The van der Waals surface area contributed by atoms with Gasteiger partial charge in [-0.15, -0.1) is 3.89 Å². The quantitative estimate of drug-likeness (QED) is 0.807. The second kappa shape index (κ2) is 5.92. The average molecular weight is 335 g/mol. The van der Waals surface area contributed by atoms with Crippen LogP contribution in [0.4, 0.5) is 3.89 Å². The normalized spacial score (nSPS) is 20.2. The first-order chi connectivity index (χ1) is 10.8. The Balaban J connectivity index is 1.81. The first-order valence-corrected chi connectivity index (χ1v) is 9.09. The van der Waals surface area contributed by atoms with E-state index >= 15 is 0 Å². The van der Waals surface area contributed by atoms with E-state index in [2.05, 4.69) is 0 Å². The van der Waals surface area contributed by atoms with Crippen LogP contribution in [0.2, 0.25) is 0 Å². The summed E-state index contributed by atoms with van der Waals surface area (Å²) in [5.74, 6) is -1.18. The van der Waals surface area contributed by atoms with Crippen molar-refractivity contribution in [3.8, 4) is 0 Å². The largest absolute Gasteiger partial charge is 0.336 e. The summed E-state index contributed by atoms with van der Waals surface area (Å²) in [4.78, 5) is 13.8. The van der Waals surface area contributed by atoms with Gasteiger partial charge in [0.2, 0.25) is 5.91 Å². The molecule has 4 nitrogen and oxygen atoms in total. The minimum atomic E-state index is -4.55. The van der Waals surface area contributed by atoms with E-state index < -0.39 is 21.9 Å². The molecule has 0 aliphatic carbocycles. The maximum absolute atomic E-state index is 12.8.